The van der Waals surface area contributed by atoms with Crippen LogP contribution in [0.15, 0.2) is 12.4 Å². The first-order valence-corrected chi connectivity index (χ1v) is 7.58. The highest BCUT2D eigenvalue weighted by atomic mass is 19.1. The molecule has 2 heterocycles. The molecule has 24 heavy (non-hydrogen) atoms. The van der Waals surface area contributed by atoms with Crippen LogP contribution < -0.4 is 5.73 Å². The number of anilines is 1. The molecule has 1 aromatic rings. The molecule has 1 unspecified atom stereocenters. The molecule has 1 saturated heterocycles. The first-order valence-electron chi connectivity index (χ1n) is 7.58. The molecule has 1 aliphatic heterocycles. The van der Waals surface area contributed by atoms with Crippen molar-refractivity contribution in [2.24, 2.45) is 0 Å². The number of nitrogens with two attached hydrogens (primary N) is 1. The molecule has 1 fully saturated rings. The summed E-state index contributed by atoms with van der Waals surface area (Å²) in [4.78, 5) is 17.6. The van der Waals surface area contributed by atoms with E-state index in [2.05, 4.69) is 16.8 Å². The highest BCUT2D eigenvalue weighted by Crippen LogP contribution is 2.29. The SMILES string of the molecule is CC(C)(C)OC(=O)N1C(C#Cc2c(N)cncc2F)COC1(C)C. The summed E-state index contributed by atoms with van der Waals surface area (Å²) in [6.07, 6.45) is 1.84. The van der Waals surface area contributed by atoms with Gasteiger partial charge in [0.1, 0.15) is 17.4 Å². The van der Waals surface area contributed by atoms with Crippen LogP contribution in [0.1, 0.15) is 40.2 Å². The number of amides is 1. The van der Waals surface area contributed by atoms with Crippen LogP contribution in [-0.4, -0.2) is 40.0 Å². The van der Waals surface area contributed by atoms with Gasteiger partial charge in [-0.25, -0.2) is 9.18 Å². The van der Waals surface area contributed by atoms with Crippen LogP contribution in [0, 0.1) is 17.7 Å². The van der Waals surface area contributed by atoms with Crippen LogP contribution in [0.4, 0.5) is 14.9 Å². The number of ether oxygens (including phenoxy) is 2. The van der Waals surface area contributed by atoms with Gasteiger partial charge in [0, 0.05) is 0 Å². The predicted molar refractivity (Wildman–Crippen MR) is 87.4 cm³/mol. The zero-order chi connectivity index (χ0) is 18.1. The molecule has 0 spiro atoms. The summed E-state index contributed by atoms with van der Waals surface area (Å²) in [5, 5.41) is 0. The van der Waals surface area contributed by atoms with Gasteiger partial charge in [-0.05, 0) is 34.6 Å². The molecule has 2 N–H and O–H groups in total. The van der Waals surface area contributed by atoms with E-state index in [0.717, 1.165) is 6.20 Å². The van der Waals surface area contributed by atoms with Crippen molar-refractivity contribution in [1.29, 1.82) is 0 Å². The maximum Gasteiger partial charge on any atom is 0.413 e. The lowest BCUT2D eigenvalue weighted by atomic mass is 10.1. The van der Waals surface area contributed by atoms with Crippen molar-refractivity contribution < 1.29 is 18.7 Å². The van der Waals surface area contributed by atoms with E-state index in [1.54, 1.807) is 34.6 Å². The second-order valence-corrected chi connectivity index (χ2v) is 6.98. The van der Waals surface area contributed by atoms with E-state index in [-0.39, 0.29) is 17.9 Å². The molecule has 0 radical (unpaired) electrons. The average Bonchev–Trinajstić information content (AvgIpc) is 2.71. The lowest BCUT2D eigenvalue weighted by molar-refractivity contribution is -0.0608. The molecule has 130 valence electrons. The van der Waals surface area contributed by atoms with Gasteiger partial charge in [0.05, 0.1) is 30.3 Å². The number of rotatable bonds is 0. The molecule has 7 heteroatoms. The molecule has 0 bridgehead atoms. The van der Waals surface area contributed by atoms with Crippen molar-refractivity contribution in [1.82, 2.24) is 9.88 Å². The third-order valence-corrected chi connectivity index (χ3v) is 3.37. The minimum Gasteiger partial charge on any atom is -0.444 e. The number of hydrogen-bond acceptors (Lipinski definition) is 5. The van der Waals surface area contributed by atoms with Crippen molar-refractivity contribution >= 4 is 11.8 Å². The number of carbonyl (C=O) groups excluding carboxylic acids is 1. The number of carbonyl (C=O) groups is 1. The third-order valence-electron chi connectivity index (χ3n) is 3.37. The van der Waals surface area contributed by atoms with Crippen LogP contribution in [0.25, 0.3) is 0 Å². The number of hydrogen-bond donors (Lipinski definition) is 1. The predicted octanol–water partition coefficient (Wildman–Crippen LogP) is 2.53. The summed E-state index contributed by atoms with van der Waals surface area (Å²) in [5.74, 6) is 4.94. The monoisotopic (exact) mass is 335 g/mol. The molecule has 0 aromatic carbocycles. The summed E-state index contributed by atoms with van der Waals surface area (Å²) < 4.78 is 24.8. The topological polar surface area (TPSA) is 77.7 Å². The van der Waals surface area contributed by atoms with Crippen LogP contribution in [-0.2, 0) is 9.47 Å². The Kier molecular flexibility index (Phi) is 4.72. The second-order valence-electron chi connectivity index (χ2n) is 6.98. The fourth-order valence-electron chi connectivity index (χ4n) is 2.30. The van der Waals surface area contributed by atoms with E-state index in [1.807, 2.05) is 0 Å². The van der Waals surface area contributed by atoms with Crippen LogP contribution >= 0.6 is 0 Å². The Labute approximate surface area is 141 Å². The van der Waals surface area contributed by atoms with Gasteiger partial charge >= 0.3 is 6.09 Å². The molecule has 1 amide bonds. The Morgan fingerprint density at radius 3 is 2.75 bits per heavy atom. The highest BCUT2D eigenvalue weighted by Gasteiger charge is 2.45. The molecule has 0 aliphatic carbocycles. The maximum atomic E-state index is 13.8. The zero-order valence-corrected chi connectivity index (χ0v) is 14.5. The van der Waals surface area contributed by atoms with Crippen molar-refractivity contribution in [3.8, 4) is 11.8 Å². The van der Waals surface area contributed by atoms with Gasteiger partial charge in [-0.2, -0.15) is 0 Å². The number of halogens is 1. The minimum absolute atomic E-state index is 0.0545. The van der Waals surface area contributed by atoms with Crippen molar-refractivity contribution in [2.75, 3.05) is 12.3 Å². The molecule has 0 saturated carbocycles. The molecular formula is C17H22FN3O3. The lowest BCUT2D eigenvalue weighted by Gasteiger charge is -2.33. The zero-order valence-electron chi connectivity index (χ0n) is 14.5. The highest BCUT2D eigenvalue weighted by molar-refractivity contribution is 5.70. The van der Waals surface area contributed by atoms with Gasteiger partial charge in [-0.15, -0.1) is 0 Å². The Balaban J connectivity index is 2.30. The molecular weight excluding hydrogens is 313 g/mol. The molecule has 2 rings (SSSR count). The third kappa shape index (κ3) is 3.95. The van der Waals surface area contributed by atoms with E-state index in [1.165, 1.54) is 11.1 Å². The summed E-state index contributed by atoms with van der Waals surface area (Å²) in [5.41, 5.74) is 4.38. The molecule has 1 aromatic heterocycles. The van der Waals surface area contributed by atoms with E-state index in [0.29, 0.717) is 0 Å². The summed E-state index contributed by atoms with van der Waals surface area (Å²) >= 11 is 0. The summed E-state index contributed by atoms with van der Waals surface area (Å²) in [6, 6.07) is -0.568. The van der Waals surface area contributed by atoms with Gasteiger partial charge in [0.25, 0.3) is 0 Å². The Hall–Kier alpha value is -2.33. The van der Waals surface area contributed by atoms with E-state index < -0.39 is 29.3 Å². The lowest BCUT2D eigenvalue weighted by Crippen LogP contribution is -2.49. The van der Waals surface area contributed by atoms with Crippen LogP contribution in [0.2, 0.25) is 0 Å². The fraction of sp³-hybridized carbons (Fsp3) is 0.529. The molecule has 1 atom stereocenters. The van der Waals surface area contributed by atoms with Gasteiger partial charge in [-0.1, -0.05) is 11.8 Å². The van der Waals surface area contributed by atoms with Crippen LogP contribution in [0.5, 0.6) is 0 Å². The minimum atomic E-state index is -0.871. The quantitative estimate of drug-likeness (QED) is 0.737. The van der Waals surface area contributed by atoms with Crippen molar-refractivity contribution in [3.05, 3.63) is 23.8 Å². The maximum absolute atomic E-state index is 13.8. The van der Waals surface area contributed by atoms with E-state index >= 15 is 0 Å². The normalized spacial score (nSPS) is 19.6. The number of pyridine rings is 1. The summed E-state index contributed by atoms with van der Waals surface area (Å²) in [7, 11) is 0. The van der Waals surface area contributed by atoms with Crippen LogP contribution in [0.3, 0.4) is 0 Å². The van der Waals surface area contributed by atoms with Gasteiger partial charge < -0.3 is 15.2 Å². The van der Waals surface area contributed by atoms with E-state index in [4.69, 9.17) is 15.2 Å². The standard InChI is InChI=1S/C17H22FN3O3/c1-16(2,3)24-15(22)21-11(10-23-17(21,4)5)6-7-12-13(18)8-20-9-14(12)19/h8-9,11H,10,19H2,1-5H3. The first-order chi connectivity index (χ1) is 11.0. The number of aromatic nitrogens is 1. The van der Waals surface area contributed by atoms with Gasteiger partial charge in [0.15, 0.2) is 5.82 Å². The Bertz CT molecular complexity index is 681. The Morgan fingerprint density at radius 1 is 1.50 bits per heavy atom. The summed E-state index contributed by atoms with van der Waals surface area (Å²) in [6.45, 7) is 9.04. The molecule has 1 aliphatic rings. The molecule has 6 nitrogen and oxygen atoms in total. The van der Waals surface area contributed by atoms with Gasteiger partial charge in [0.2, 0.25) is 0 Å². The average molecular weight is 335 g/mol. The Morgan fingerprint density at radius 2 is 2.17 bits per heavy atom. The largest absolute Gasteiger partial charge is 0.444 e. The number of nitrogen functional groups attached to an aromatic ring is 1. The van der Waals surface area contributed by atoms with E-state index in [9.17, 15) is 9.18 Å². The fourth-order valence-corrected chi connectivity index (χ4v) is 2.30. The van der Waals surface area contributed by atoms with Crippen molar-refractivity contribution in [3.63, 3.8) is 0 Å². The smallest absolute Gasteiger partial charge is 0.413 e. The first kappa shape index (κ1) is 18.0. The van der Waals surface area contributed by atoms with Gasteiger partial charge in [-0.3, -0.25) is 9.88 Å². The second kappa shape index (κ2) is 6.29. The number of nitrogens with zero attached hydrogens (tertiary/aromatic N) is 2. The van der Waals surface area contributed by atoms with Crippen molar-refractivity contribution in [2.45, 2.75) is 52.0 Å².